The highest BCUT2D eigenvalue weighted by Gasteiger charge is 2.21. The van der Waals surface area contributed by atoms with Gasteiger partial charge in [-0.25, -0.2) is 19.6 Å². The first-order valence-electron chi connectivity index (χ1n) is 6.39. The van der Waals surface area contributed by atoms with E-state index in [1.165, 1.54) is 18.3 Å². The maximum atomic E-state index is 12.2. The summed E-state index contributed by atoms with van der Waals surface area (Å²) in [4.78, 5) is 32.4. The highest BCUT2D eigenvalue weighted by molar-refractivity contribution is 5.90. The fourth-order valence-corrected chi connectivity index (χ4v) is 2.14. The van der Waals surface area contributed by atoms with E-state index in [9.17, 15) is 9.59 Å². The summed E-state index contributed by atoms with van der Waals surface area (Å²) in [6, 6.07) is 2.61. The van der Waals surface area contributed by atoms with E-state index >= 15 is 0 Å². The molecule has 8 heteroatoms. The molecular formula is C13H13N5O3. The summed E-state index contributed by atoms with van der Waals surface area (Å²) in [5, 5.41) is 11.5. The summed E-state index contributed by atoms with van der Waals surface area (Å²) in [6.45, 7) is 1.74. The largest absolute Gasteiger partial charge is 0.477 e. The molecule has 0 spiro atoms. The number of carbonyl (C=O) groups is 2. The zero-order valence-electron chi connectivity index (χ0n) is 11.1. The van der Waals surface area contributed by atoms with Crippen LogP contribution in [0, 0.1) is 0 Å². The summed E-state index contributed by atoms with van der Waals surface area (Å²) < 4.78 is 2.01. The second kappa shape index (κ2) is 5.23. The van der Waals surface area contributed by atoms with Gasteiger partial charge in [-0.15, -0.1) is 0 Å². The van der Waals surface area contributed by atoms with Gasteiger partial charge in [0.15, 0.2) is 0 Å². The Labute approximate surface area is 120 Å². The van der Waals surface area contributed by atoms with E-state index in [1.54, 1.807) is 11.1 Å². The van der Waals surface area contributed by atoms with Crippen molar-refractivity contribution in [3.8, 4) is 0 Å². The molecule has 0 radical (unpaired) electrons. The lowest BCUT2D eigenvalue weighted by Crippen LogP contribution is -2.40. The third-order valence-corrected chi connectivity index (χ3v) is 3.27. The second-order valence-electron chi connectivity index (χ2n) is 4.63. The van der Waals surface area contributed by atoms with E-state index in [0.717, 1.165) is 5.82 Å². The number of hydrogen-bond donors (Lipinski definition) is 2. The number of hydrogen-bond acceptors (Lipinski definition) is 4. The number of rotatable bonds is 2. The Balaban J connectivity index is 1.65. The maximum Gasteiger partial charge on any atom is 0.354 e. The predicted octanol–water partition coefficient (Wildman–Crippen LogP) is 1.02. The van der Waals surface area contributed by atoms with Gasteiger partial charge in [-0.2, -0.15) is 0 Å². The Kier molecular flexibility index (Phi) is 3.27. The first-order chi connectivity index (χ1) is 10.1. The fourth-order valence-electron chi connectivity index (χ4n) is 2.14. The highest BCUT2D eigenvalue weighted by atomic mass is 16.4. The third kappa shape index (κ3) is 2.69. The van der Waals surface area contributed by atoms with Gasteiger partial charge in [0.25, 0.3) is 0 Å². The topological polar surface area (TPSA) is 100 Å². The van der Waals surface area contributed by atoms with Crippen LogP contribution in [-0.4, -0.2) is 43.1 Å². The molecule has 0 unspecified atom stereocenters. The molecule has 2 aromatic heterocycles. The lowest BCUT2D eigenvalue weighted by Gasteiger charge is -2.27. The minimum absolute atomic E-state index is 0.0620. The number of aromatic carboxylic acids is 1. The Hall–Kier alpha value is -2.90. The zero-order valence-corrected chi connectivity index (χ0v) is 11.1. The Morgan fingerprint density at radius 3 is 2.81 bits per heavy atom. The standard InChI is InChI=1S/C13H13N5O3/c19-12(20)10-2-1-9(7-15-10)16-13(21)18-6-5-17-4-3-14-11(17)8-18/h1-4,7H,5-6,8H2,(H,16,21)(H,19,20). The molecule has 108 valence electrons. The number of urea groups is 1. The van der Waals surface area contributed by atoms with Crippen LogP contribution in [0.15, 0.2) is 30.7 Å². The van der Waals surface area contributed by atoms with Gasteiger partial charge in [-0.3, -0.25) is 0 Å². The van der Waals surface area contributed by atoms with Crippen LogP contribution in [0.5, 0.6) is 0 Å². The number of carbonyl (C=O) groups excluding carboxylic acids is 1. The van der Waals surface area contributed by atoms with E-state index in [1.807, 2.05) is 10.8 Å². The number of aromatic nitrogens is 3. The molecule has 0 saturated carbocycles. The molecule has 2 aromatic rings. The monoisotopic (exact) mass is 287 g/mol. The van der Waals surface area contributed by atoms with Crippen LogP contribution in [0.4, 0.5) is 10.5 Å². The van der Waals surface area contributed by atoms with E-state index in [-0.39, 0.29) is 11.7 Å². The van der Waals surface area contributed by atoms with Crippen molar-refractivity contribution in [1.29, 1.82) is 0 Å². The van der Waals surface area contributed by atoms with Crippen LogP contribution in [0.3, 0.4) is 0 Å². The number of carboxylic acid groups (broad SMARTS) is 1. The lowest BCUT2D eigenvalue weighted by molar-refractivity contribution is 0.0690. The molecule has 0 atom stereocenters. The van der Waals surface area contributed by atoms with Crippen molar-refractivity contribution < 1.29 is 14.7 Å². The van der Waals surface area contributed by atoms with Crippen LogP contribution in [0.25, 0.3) is 0 Å². The van der Waals surface area contributed by atoms with Crippen molar-refractivity contribution >= 4 is 17.7 Å². The number of carboxylic acids is 1. The second-order valence-corrected chi connectivity index (χ2v) is 4.63. The van der Waals surface area contributed by atoms with E-state index < -0.39 is 5.97 Å². The van der Waals surface area contributed by atoms with Gasteiger partial charge in [0, 0.05) is 25.5 Å². The summed E-state index contributed by atoms with van der Waals surface area (Å²) in [7, 11) is 0. The zero-order chi connectivity index (χ0) is 14.8. The van der Waals surface area contributed by atoms with Crippen molar-refractivity contribution in [2.24, 2.45) is 0 Å². The van der Waals surface area contributed by atoms with Crippen LogP contribution in [0.2, 0.25) is 0 Å². The Morgan fingerprint density at radius 1 is 1.24 bits per heavy atom. The summed E-state index contributed by atoms with van der Waals surface area (Å²) in [6.07, 6.45) is 4.93. The number of nitrogens with zero attached hydrogens (tertiary/aromatic N) is 4. The average Bonchev–Trinajstić information content (AvgIpc) is 2.95. The van der Waals surface area contributed by atoms with Crippen molar-refractivity contribution in [2.45, 2.75) is 13.1 Å². The minimum atomic E-state index is -1.10. The molecular weight excluding hydrogens is 274 g/mol. The SMILES string of the molecule is O=C(O)c1ccc(NC(=O)N2CCn3ccnc3C2)cn1. The number of anilines is 1. The number of amides is 2. The van der Waals surface area contributed by atoms with E-state index in [4.69, 9.17) is 5.11 Å². The molecule has 2 N–H and O–H groups in total. The Bertz CT molecular complexity index is 679. The van der Waals surface area contributed by atoms with Gasteiger partial charge in [0.2, 0.25) is 0 Å². The molecule has 3 rings (SSSR count). The lowest BCUT2D eigenvalue weighted by atomic mass is 10.3. The van der Waals surface area contributed by atoms with Crippen molar-refractivity contribution in [1.82, 2.24) is 19.4 Å². The number of pyridine rings is 1. The van der Waals surface area contributed by atoms with Gasteiger partial charge in [0.05, 0.1) is 18.4 Å². The van der Waals surface area contributed by atoms with Crippen LogP contribution >= 0.6 is 0 Å². The number of fused-ring (bicyclic) bond motifs is 1. The van der Waals surface area contributed by atoms with E-state index in [0.29, 0.717) is 25.3 Å². The normalized spacial score (nSPS) is 13.6. The highest BCUT2D eigenvalue weighted by Crippen LogP contribution is 2.13. The van der Waals surface area contributed by atoms with E-state index in [2.05, 4.69) is 15.3 Å². The van der Waals surface area contributed by atoms with Crippen molar-refractivity contribution in [3.05, 3.63) is 42.2 Å². The molecule has 0 aromatic carbocycles. The van der Waals surface area contributed by atoms with Crippen LogP contribution < -0.4 is 5.32 Å². The van der Waals surface area contributed by atoms with Gasteiger partial charge in [0.1, 0.15) is 11.5 Å². The van der Waals surface area contributed by atoms with Gasteiger partial charge in [-0.05, 0) is 12.1 Å². The fraction of sp³-hybridized carbons (Fsp3) is 0.231. The summed E-state index contributed by atoms with van der Waals surface area (Å²) in [5.41, 5.74) is 0.395. The van der Waals surface area contributed by atoms with Crippen molar-refractivity contribution in [2.75, 3.05) is 11.9 Å². The molecule has 0 fully saturated rings. The van der Waals surface area contributed by atoms with Gasteiger partial charge in [-0.1, -0.05) is 0 Å². The number of imidazole rings is 1. The molecule has 1 aliphatic rings. The summed E-state index contributed by atoms with van der Waals surface area (Å²) in [5.74, 6) is -0.258. The quantitative estimate of drug-likeness (QED) is 0.859. The molecule has 8 nitrogen and oxygen atoms in total. The van der Waals surface area contributed by atoms with Crippen LogP contribution in [0.1, 0.15) is 16.3 Å². The molecule has 0 aliphatic carbocycles. The summed E-state index contributed by atoms with van der Waals surface area (Å²) >= 11 is 0. The molecule has 0 bridgehead atoms. The van der Waals surface area contributed by atoms with Gasteiger partial charge >= 0.3 is 12.0 Å². The van der Waals surface area contributed by atoms with Crippen LogP contribution in [-0.2, 0) is 13.1 Å². The molecule has 2 amide bonds. The molecule has 1 aliphatic heterocycles. The predicted molar refractivity (Wildman–Crippen MR) is 72.9 cm³/mol. The van der Waals surface area contributed by atoms with Crippen molar-refractivity contribution in [3.63, 3.8) is 0 Å². The molecule has 21 heavy (non-hydrogen) atoms. The first-order valence-corrected chi connectivity index (χ1v) is 6.39. The average molecular weight is 287 g/mol. The molecule has 3 heterocycles. The minimum Gasteiger partial charge on any atom is -0.477 e. The Morgan fingerprint density at radius 2 is 2.10 bits per heavy atom. The van der Waals surface area contributed by atoms with Gasteiger partial charge < -0.3 is 19.9 Å². The third-order valence-electron chi connectivity index (χ3n) is 3.27. The number of nitrogens with one attached hydrogen (secondary N) is 1. The smallest absolute Gasteiger partial charge is 0.354 e. The first kappa shape index (κ1) is 13.1. The maximum absolute atomic E-state index is 12.2. The molecule has 0 saturated heterocycles.